The van der Waals surface area contributed by atoms with Crippen molar-refractivity contribution < 1.29 is 27.4 Å². The zero-order chi connectivity index (χ0) is 19.2. The van der Waals surface area contributed by atoms with E-state index in [9.17, 15) is 18.0 Å². The number of allylic oxidation sites excluding steroid dienone is 2. The quantitative estimate of drug-likeness (QED) is 0.714. The SMILES string of the molecule is COc1cc(OC)nc(NCCNC(=O)C2=CCCC=C2C(F)(F)F)n1. The Bertz CT molecular complexity index is 695. The lowest BCUT2D eigenvalue weighted by Gasteiger charge is -2.18. The number of carbonyl (C=O) groups is 1. The Morgan fingerprint density at radius 1 is 1.12 bits per heavy atom. The van der Waals surface area contributed by atoms with E-state index >= 15 is 0 Å². The largest absolute Gasteiger partial charge is 0.481 e. The second-order valence-electron chi connectivity index (χ2n) is 5.27. The smallest absolute Gasteiger partial charge is 0.416 e. The Balaban J connectivity index is 1.89. The van der Waals surface area contributed by atoms with E-state index in [-0.39, 0.29) is 42.8 Å². The number of hydrogen-bond acceptors (Lipinski definition) is 6. The normalized spacial score (nSPS) is 14.2. The second-order valence-corrected chi connectivity index (χ2v) is 5.27. The molecule has 1 aliphatic rings. The van der Waals surface area contributed by atoms with Crippen LogP contribution in [0.15, 0.2) is 29.4 Å². The standard InChI is InChI=1S/C16H19F3N4O3/c1-25-12-9-13(26-2)23-15(22-12)21-8-7-20-14(24)10-5-3-4-6-11(10)16(17,18)19/h5-6,9H,3-4,7-8H2,1-2H3,(H,20,24)(H,21,22,23). The zero-order valence-corrected chi connectivity index (χ0v) is 14.3. The summed E-state index contributed by atoms with van der Waals surface area (Å²) >= 11 is 0. The summed E-state index contributed by atoms with van der Waals surface area (Å²) in [5, 5.41) is 5.29. The minimum Gasteiger partial charge on any atom is -0.481 e. The van der Waals surface area contributed by atoms with E-state index in [1.807, 2.05) is 0 Å². The van der Waals surface area contributed by atoms with Crippen molar-refractivity contribution in [1.29, 1.82) is 0 Å². The molecule has 0 aromatic carbocycles. The minimum absolute atomic E-state index is 0.0875. The molecule has 0 atom stereocenters. The van der Waals surface area contributed by atoms with Crippen LogP contribution < -0.4 is 20.1 Å². The Morgan fingerprint density at radius 2 is 1.73 bits per heavy atom. The fraction of sp³-hybridized carbons (Fsp3) is 0.438. The lowest BCUT2D eigenvalue weighted by molar-refractivity contribution is -0.119. The van der Waals surface area contributed by atoms with Crippen molar-refractivity contribution in [2.24, 2.45) is 0 Å². The summed E-state index contributed by atoms with van der Waals surface area (Å²) < 4.78 is 48.9. The topological polar surface area (TPSA) is 85.4 Å². The maximum absolute atomic E-state index is 13.0. The third kappa shape index (κ3) is 5.11. The van der Waals surface area contributed by atoms with Crippen LogP contribution in [0, 0.1) is 0 Å². The summed E-state index contributed by atoms with van der Waals surface area (Å²) in [4.78, 5) is 20.1. The van der Waals surface area contributed by atoms with Gasteiger partial charge in [-0.25, -0.2) is 0 Å². The molecule has 0 saturated carbocycles. The lowest BCUT2D eigenvalue weighted by Crippen LogP contribution is -2.33. The van der Waals surface area contributed by atoms with Crippen molar-refractivity contribution in [3.63, 3.8) is 0 Å². The van der Waals surface area contributed by atoms with Gasteiger partial charge in [-0.1, -0.05) is 12.2 Å². The van der Waals surface area contributed by atoms with E-state index in [0.29, 0.717) is 6.42 Å². The molecule has 0 aliphatic heterocycles. The first kappa shape index (κ1) is 19.5. The molecule has 26 heavy (non-hydrogen) atoms. The Hall–Kier alpha value is -2.78. The van der Waals surface area contributed by atoms with Crippen LogP contribution in [0.1, 0.15) is 12.8 Å². The van der Waals surface area contributed by atoms with E-state index in [2.05, 4.69) is 20.6 Å². The zero-order valence-electron chi connectivity index (χ0n) is 14.3. The number of nitrogens with one attached hydrogen (secondary N) is 2. The fourth-order valence-electron chi connectivity index (χ4n) is 2.30. The molecule has 2 N–H and O–H groups in total. The van der Waals surface area contributed by atoms with Crippen LogP contribution in [-0.4, -0.2) is 49.4 Å². The Kier molecular flexibility index (Phi) is 6.42. The molecule has 10 heteroatoms. The summed E-state index contributed by atoms with van der Waals surface area (Å²) in [5.74, 6) is 0.0221. The molecule has 0 spiro atoms. The average molecular weight is 372 g/mol. The predicted molar refractivity (Wildman–Crippen MR) is 88.1 cm³/mol. The first-order valence-corrected chi connectivity index (χ1v) is 7.82. The first-order chi connectivity index (χ1) is 12.3. The van der Waals surface area contributed by atoms with Crippen LogP contribution in [0.2, 0.25) is 0 Å². The van der Waals surface area contributed by atoms with Crippen molar-refractivity contribution in [3.05, 3.63) is 29.4 Å². The summed E-state index contributed by atoms with van der Waals surface area (Å²) in [6, 6.07) is 1.49. The highest BCUT2D eigenvalue weighted by Gasteiger charge is 2.38. The molecule has 2 rings (SSSR count). The van der Waals surface area contributed by atoms with Gasteiger partial charge in [0.15, 0.2) is 0 Å². The van der Waals surface area contributed by atoms with Crippen molar-refractivity contribution >= 4 is 11.9 Å². The van der Waals surface area contributed by atoms with Crippen LogP contribution in [0.25, 0.3) is 0 Å². The molecule has 142 valence electrons. The van der Waals surface area contributed by atoms with Crippen LogP contribution in [-0.2, 0) is 4.79 Å². The van der Waals surface area contributed by atoms with Crippen LogP contribution in [0.5, 0.6) is 11.8 Å². The first-order valence-electron chi connectivity index (χ1n) is 7.82. The number of anilines is 1. The molecule has 1 aromatic heterocycles. The molecule has 1 aliphatic carbocycles. The highest BCUT2D eigenvalue weighted by Crippen LogP contribution is 2.34. The van der Waals surface area contributed by atoms with E-state index in [4.69, 9.17) is 9.47 Å². The van der Waals surface area contributed by atoms with Crippen molar-refractivity contribution in [3.8, 4) is 11.8 Å². The molecule has 1 aromatic rings. The van der Waals surface area contributed by atoms with Gasteiger partial charge in [-0.05, 0) is 12.8 Å². The van der Waals surface area contributed by atoms with Gasteiger partial charge in [-0.3, -0.25) is 4.79 Å². The number of amides is 1. The van der Waals surface area contributed by atoms with E-state index in [0.717, 1.165) is 6.08 Å². The van der Waals surface area contributed by atoms with Gasteiger partial charge >= 0.3 is 6.18 Å². The van der Waals surface area contributed by atoms with Gasteiger partial charge in [0, 0.05) is 18.7 Å². The van der Waals surface area contributed by atoms with Gasteiger partial charge in [-0.2, -0.15) is 23.1 Å². The molecule has 0 fully saturated rings. The monoisotopic (exact) mass is 372 g/mol. The molecule has 0 saturated heterocycles. The number of hydrogen-bond donors (Lipinski definition) is 2. The summed E-state index contributed by atoms with van der Waals surface area (Å²) in [5.41, 5.74) is -1.24. The number of ether oxygens (including phenoxy) is 2. The van der Waals surface area contributed by atoms with Crippen LogP contribution >= 0.6 is 0 Å². The summed E-state index contributed by atoms with van der Waals surface area (Å²) in [6.07, 6.45) is -1.53. The summed E-state index contributed by atoms with van der Waals surface area (Å²) in [6.45, 7) is 0.296. The van der Waals surface area contributed by atoms with Crippen molar-refractivity contribution in [1.82, 2.24) is 15.3 Å². The number of methoxy groups -OCH3 is 2. The molecule has 7 nitrogen and oxygen atoms in total. The lowest BCUT2D eigenvalue weighted by atomic mass is 9.96. The summed E-state index contributed by atoms with van der Waals surface area (Å²) in [7, 11) is 2.88. The second kappa shape index (κ2) is 8.54. The number of alkyl halides is 3. The van der Waals surface area contributed by atoms with Crippen molar-refractivity contribution in [2.75, 3.05) is 32.6 Å². The molecule has 1 heterocycles. The van der Waals surface area contributed by atoms with Crippen LogP contribution in [0.3, 0.4) is 0 Å². The molecule has 0 unspecified atom stereocenters. The van der Waals surface area contributed by atoms with Gasteiger partial charge in [0.2, 0.25) is 17.7 Å². The number of halogens is 3. The number of rotatable bonds is 7. The Morgan fingerprint density at radius 3 is 2.31 bits per heavy atom. The average Bonchev–Trinajstić information content (AvgIpc) is 2.64. The molecule has 0 radical (unpaired) electrons. The fourth-order valence-corrected chi connectivity index (χ4v) is 2.30. The minimum atomic E-state index is -4.55. The van der Waals surface area contributed by atoms with Crippen LogP contribution in [0.4, 0.5) is 19.1 Å². The van der Waals surface area contributed by atoms with E-state index in [1.165, 1.54) is 26.4 Å². The van der Waals surface area contributed by atoms with Gasteiger partial charge in [-0.15, -0.1) is 0 Å². The maximum atomic E-state index is 13.0. The van der Waals surface area contributed by atoms with Crippen molar-refractivity contribution in [2.45, 2.75) is 19.0 Å². The maximum Gasteiger partial charge on any atom is 0.416 e. The number of aromatic nitrogens is 2. The molecule has 0 bridgehead atoms. The third-order valence-corrected chi connectivity index (χ3v) is 3.49. The highest BCUT2D eigenvalue weighted by molar-refractivity contribution is 5.98. The van der Waals surface area contributed by atoms with E-state index < -0.39 is 17.7 Å². The van der Waals surface area contributed by atoms with Gasteiger partial charge in [0.25, 0.3) is 5.91 Å². The van der Waals surface area contributed by atoms with Gasteiger partial charge in [0.05, 0.1) is 25.9 Å². The molecule has 1 amide bonds. The third-order valence-electron chi connectivity index (χ3n) is 3.49. The molecular weight excluding hydrogens is 353 g/mol. The molecular formula is C16H19F3N4O3. The van der Waals surface area contributed by atoms with E-state index in [1.54, 1.807) is 0 Å². The number of carbonyl (C=O) groups excluding carboxylic acids is 1. The Labute approximate surface area is 148 Å². The highest BCUT2D eigenvalue weighted by atomic mass is 19.4. The number of nitrogens with zero attached hydrogens (tertiary/aromatic N) is 2. The van der Waals surface area contributed by atoms with Gasteiger partial charge in [0.1, 0.15) is 0 Å². The predicted octanol–water partition coefficient (Wildman–Crippen LogP) is 2.23. The van der Waals surface area contributed by atoms with Gasteiger partial charge < -0.3 is 20.1 Å².